The fraction of sp³-hybridized carbons (Fsp3) is 0.0714. The van der Waals surface area contributed by atoms with Crippen molar-refractivity contribution in [2.75, 3.05) is 0 Å². The van der Waals surface area contributed by atoms with Crippen LogP contribution in [0.4, 0.5) is 0 Å². The van der Waals surface area contributed by atoms with Gasteiger partial charge in [-0.05, 0) is 96.4 Å². The number of benzene rings is 9. The number of hydrogen-bond donors (Lipinski definition) is 0. The van der Waals surface area contributed by atoms with Crippen molar-refractivity contribution < 1.29 is 0 Å². The van der Waals surface area contributed by atoms with Gasteiger partial charge >= 0.3 is 0 Å². The van der Waals surface area contributed by atoms with E-state index in [0.717, 1.165) is 0 Å². The monoisotopic (exact) mass is 725 g/mol. The Morgan fingerprint density at radius 3 is 2.02 bits per heavy atom. The van der Waals surface area contributed by atoms with Crippen molar-refractivity contribution in [3.05, 3.63) is 222 Å². The minimum Gasteiger partial charge on any atom is -0.308 e. The van der Waals surface area contributed by atoms with Crippen molar-refractivity contribution in [3.63, 3.8) is 0 Å². The molecule has 9 aromatic carbocycles. The lowest BCUT2D eigenvalue weighted by Crippen LogP contribution is -2.14. The molecule has 2 aliphatic rings. The molecular weight excluding hydrogens is 687 g/mol. The number of fused-ring (bicyclic) bond motifs is 11. The summed E-state index contributed by atoms with van der Waals surface area (Å²) in [7, 11) is 0. The van der Waals surface area contributed by atoms with E-state index in [4.69, 9.17) is 0 Å². The molecule has 1 heteroatoms. The zero-order chi connectivity index (χ0) is 37.8. The van der Waals surface area contributed by atoms with Crippen LogP contribution in [0.1, 0.15) is 47.6 Å². The average Bonchev–Trinajstić information content (AvgIpc) is 3.86. The lowest BCUT2D eigenvalue weighted by molar-refractivity contribution is 0.661. The fourth-order valence-corrected chi connectivity index (χ4v) is 10.4. The van der Waals surface area contributed by atoms with Crippen molar-refractivity contribution in [2.24, 2.45) is 0 Å². The summed E-state index contributed by atoms with van der Waals surface area (Å²) in [5.41, 5.74) is 20.8. The SMILES string of the molecule is CC1(C)c2ccccc2-c2c1ccc1c3cc(-c4ccc5c(c4)-c4ccccc4C5c4cccc(-c5ccccc5)c4)ccc3n(-c3cccc4ccccc34)c21. The van der Waals surface area contributed by atoms with Crippen molar-refractivity contribution in [1.82, 2.24) is 4.57 Å². The standard InChI is InChI=1S/C56H39N/c1-56(2)49-24-11-10-23-46(49)54-50(56)30-29-45-48-34-39(27-31-52(48)57(55(45)54)51-25-13-17-36-16-6-7-20-41(36)51)38-26-28-44-47(33-38)42-21-8-9-22-43(42)53(44)40-19-12-18-37(32-40)35-14-4-3-5-15-35/h3-34,53H,1-2H3. The van der Waals surface area contributed by atoms with E-state index >= 15 is 0 Å². The van der Waals surface area contributed by atoms with Gasteiger partial charge in [0.25, 0.3) is 0 Å². The second-order valence-electron chi connectivity index (χ2n) is 16.4. The molecule has 1 aromatic heterocycles. The van der Waals surface area contributed by atoms with Gasteiger partial charge in [-0.25, -0.2) is 0 Å². The summed E-state index contributed by atoms with van der Waals surface area (Å²) < 4.78 is 2.56. The molecule has 1 nitrogen and oxygen atoms in total. The maximum atomic E-state index is 2.56. The van der Waals surface area contributed by atoms with Crippen molar-refractivity contribution in [2.45, 2.75) is 25.2 Å². The van der Waals surface area contributed by atoms with Crippen LogP contribution in [-0.2, 0) is 5.41 Å². The highest BCUT2D eigenvalue weighted by atomic mass is 15.0. The molecule has 57 heavy (non-hydrogen) atoms. The Kier molecular flexibility index (Phi) is 6.81. The summed E-state index contributed by atoms with van der Waals surface area (Å²) in [6.07, 6.45) is 0. The molecule has 0 saturated heterocycles. The topological polar surface area (TPSA) is 4.93 Å². The Bertz CT molecular complexity index is 3260. The second kappa shape index (κ2) is 12.0. The van der Waals surface area contributed by atoms with E-state index in [1.165, 1.54) is 111 Å². The Labute approximate surface area is 333 Å². The van der Waals surface area contributed by atoms with E-state index in [1.807, 2.05) is 0 Å². The maximum absolute atomic E-state index is 2.56. The van der Waals surface area contributed by atoms with E-state index < -0.39 is 0 Å². The van der Waals surface area contributed by atoms with E-state index in [0.29, 0.717) is 0 Å². The smallest absolute Gasteiger partial charge is 0.0622 e. The largest absolute Gasteiger partial charge is 0.308 e. The van der Waals surface area contributed by atoms with E-state index in [-0.39, 0.29) is 11.3 Å². The molecule has 0 amide bonds. The lowest BCUT2D eigenvalue weighted by Gasteiger charge is -2.21. The van der Waals surface area contributed by atoms with Gasteiger partial charge in [-0.2, -0.15) is 0 Å². The molecular formula is C56H39N. The van der Waals surface area contributed by atoms with Crippen LogP contribution < -0.4 is 0 Å². The molecule has 12 rings (SSSR count). The minimum absolute atomic E-state index is 0.0905. The first kappa shape index (κ1) is 32.3. The summed E-state index contributed by atoms with van der Waals surface area (Å²) in [4.78, 5) is 0. The Morgan fingerprint density at radius 2 is 1.11 bits per heavy atom. The summed E-state index contributed by atoms with van der Waals surface area (Å²) in [6.45, 7) is 4.76. The molecule has 2 aliphatic carbocycles. The first-order valence-corrected chi connectivity index (χ1v) is 20.1. The van der Waals surface area contributed by atoms with Crippen LogP contribution >= 0.6 is 0 Å². The highest BCUT2D eigenvalue weighted by Gasteiger charge is 2.38. The Morgan fingerprint density at radius 1 is 0.421 bits per heavy atom. The molecule has 268 valence electrons. The first-order chi connectivity index (χ1) is 28.0. The second-order valence-corrected chi connectivity index (χ2v) is 16.4. The third-order valence-corrected chi connectivity index (χ3v) is 13.1. The lowest BCUT2D eigenvalue weighted by atomic mass is 9.82. The molecule has 10 aromatic rings. The van der Waals surface area contributed by atoms with Crippen LogP contribution in [0.2, 0.25) is 0 Å². The van der Waals surface area contributed by atoms with E-state index in [9.17, 15) is 0 Å². The summed E-state index contributed by atoms with van der Waals surface area (Å²) in [5.74, 6) is 0.185. The minimum atomic E-state index is -0.0905. The average molecular weight is 726 g/mol. The molecule has 1 heterocycles. The van der Waals surface area contributed by atoms with Gasteiger partial charge in [-0.1, -0.05) is 184 Å². The molecule has 0 aliphatic heterocycles. The molecule has 1 atom stereocenters. The van der Waals surface area contributed by atoms with Gasteiger partial charge in [0.1, 0.15) is 0 Å². The summed E-state index contributed by atoms with van der Waals surface area (Å²) >= 11 is 0. The zero-order valence-electron chi connectivity index (χ0n) is 32.0. The Hall–Kier alpha value is -6.96. The predicted octanol–water partition coefficient (Wildman–Crippen LogP) is 14.7. The van der Waals surface area contributed by atoms with E-state index in [2.05, 4.69) is 213 Å². The maximum Gasteiger partial charge on any atom is 0.0622 e. The normalized spacial score (nSPS) is 14.8. The van der Waals surface area contributed by atoms with Gasteiger partial charge in [-0.3, -0.25) is 0 Å². The van der Waals surface area contributed by atoms with Crippen molar-refractivity contribution in [3.8, 4) is 50.2 Å². The van der Waals surface area contributed by atoms with Gasteiger partial charge in [0.2, 0.25) is 0 Å². The highest BCUT2D eigenvalue weighted by molar-refractivity contribution is 6.17. The molecule has 0 spiro atoms. The third-order valence-electron chi connectivity index (χ3n) is 13.1. The van der Waals surface area contributed by atoms with E-state index in [1.54, 1.807) is 0 Å². The summed E-state index contributed by atoms with van der Waals surface area (Å²) in [6, 6.07) is 72.5. The van der Waals surface area contributed by atoms with Crippen LogP contribution in [0.3, 0.4) is 0 Å². The molecule has 0 bridgehead atoms. The first-order valence-electron chi connectivity index (χ1n) is 20.1. The molecule has 0 N–H and O–H groups in total. The molecule has 0 saturated carbocycles. The van der Waals surface area contributed by atoms with Gasteiger partial charge in [0.05, 0.1) is 16.7 Å². The number of hydrogen-bond acceptors (Lipinski definition) is 0. The molecule has 0 radical (unpaired) electrons. The predicted molar refractivity (Wildman–Crippen MR) is 240 cm³/mol. The zero-order valence-corrected chi connectivity index (χ0v) is 32.0. The van der Waals surface area contributed by atoms with Gasteiger partial charge in [0.15, 0.2) is 0 Å². The van der Waals surface area contributed by atoms with Crippen LogP contribution in [0.5, 0.6) is 0 Å². The highest BCUT2D eigenvalue weighted by Crippen LogP contribution is 2.54. The molecule has 0 fully saturated rings. The van der Waals surface area contributed by atoms with Gasteiger partial charge in [0, 0.05) is 33.1 Å². The van der Waals surface area contributed by atoms with Crippen LogP contribution in [0, 0.1) is 0 Å². The van der Waals surface area contributed by atoms with Crippen LogP contribution in [-0.4, -0.2) is 4.57 Å². The van der Waals surface area contributed by atoms with Crippen molar-refractivity contribution in [1.29, 1.82) is 0 Å². The fourth-order valence-electron chi connectivity index (χ4n) is 10.4. The van der Waals surface area contributed by atoms with Crippen LogP contribution in [0.15, 0.2) is 194 Å². The third kappa shape index (κ3) is 4.63. The Balaban J connectivity index is 1.07. The number of aromatic nitrogens is 1. The van der Waals surface area contributed by atoms with Gasteiger partial charge in [-0.15, -0.1) is 0 Å². The summed E-state index contributed by atoms with van der Waals surface area (Å²) in [5, 5.41) is 5.07. The molecule has 1 unspecified atom stereocenters. The van der Waals surface area contributed by atoms with Crippen LogP contribution in [0.25, 0.3) is 82.8 Å². The van der Waals surface area contributed by atoms with Gasteiger partial charge < -0.3 is 4.57 Å². The van der Waals surface area contributed by atoms with Crippen molar-refractivity contribution >= 4 is 32.6 Å². The quantitative estimate of drug-likeness (QED) is 0.170. The number of nitrogens with zero attached hydrogens (tertiary/aromatic N) is 1. The number of rotatable bonds is 4.